The fourth-order valence-electron chi connectivity index (χ4n) is 3.83. The molecule has 4 nitrogen and oxygen atoms in total. The third-order valence-corrected chi connectivity index (χ3v) is 5.31. The van der Waals surface area contributed by atoms with Gasteiger partial charge >= 0.3 is 0 Å². The molecule has 2 aromatic rings. The molecular weight excluding hydrogens is 298 g/mol. The van der Waals surface area contributed by atoms with Crippen LogP contribution < -0.4 is 0 Å². The number of rotatable bonds is 6. The van der Waals surface area contributed by atoms with Gasteiger partial charge in [-0.1, -0.05) is 24.3 Å². The topological polar surface area (TPSA) is 41.3 Å². The molecule has 1 fully saturated rings. The molecule has 1 aromatic heterocycles. The number of benzene rings is 1. The molecule has 4 heteroatoms. The number of hydrogen-bond donors (Lipinski definition) is 1. The predicted octanol–water partition coefficient (Wildman–Crippen LogP) is 3.08. The van der Waals surface area contributed by atoms with Gasteiger partial charge in [0, 0.05) is 30.9 Å². The molecule has 0 saturated carbocycles. The van der Waals surface area contributed by atoms with Crippen LogP contribution in [-0.4, -0.2) is 32.9 Å². The maximum atomic E-state index is 9.14. The first-order chi connectivity index (χ1) is 11.6. The molecule has 0 spiro atoms. The lowest BCUT2D eigenvalue weighted by Crippen LogP contribution is -2.21. The van der Waals surface area contributed by atoms with E-state index in [0.29, 0.717) is 0 Å². The molecule has 0 aliphatic carbocycles. The van der Waals surface area contributed by atoms with Crippen molar-refractivity contribution in [3.05, 3.63) is 52.3 Å². The minimum Gasteiger partial charge on any atom is -0.392 e. The van der Waals surface area contributed by atoms with E-state index in [9.17, 15) is 0 Å². The summed E-state index contributed by atoms with van der Waals surface area (Å²) in [7, 11) is 0. The van der Waals surface area contributed by atoms with E-state index in [2.05, 4.69) is 47.6 Å². The van der Waals surface area contributed by atoms with E-state index in [1.54, 1.807) is 0 Å². The van der Waals surface area contributed by atoms with Gasteiger partial charge in [0.2, 0.25) is 0 Å². The van der Waals surface area contributed by atoms with Crippen LogP contribution in [0.15, 0.2) is 24.3 Å². The van der Waals surface area contributed by atoms with Gasteiger partial charge in [-0.05, 0) is 57.2 Å². The lowest BCUT2D eigenvalue weighted by Gasteiger charge is -2.16. The molecule has 1 aliphatic rings. The van der Waals surface area contributed by atoms with Gasteiger partial charge in [0.25, 0.3) is 0 Å². The highest BCUT2D eigenvalue weighted by molar-refractivity contribution is 5.25. The third-order valence-electron chi connectivity index (χ3n) is 5.31. The molecule has 24 heavy (non-hydrogen) atoms. The monoisotopic (exact) mass is 327 g/mol. The first-order valence-corrected chi connectivity index (χ1v) is 9.04. The van der Waals surface area contributed by atoms with Crippen molar-refractivity contribution in [2.24, 2.45) is 5.92 Å². The van der Waals surface area contributed by atoms with Gasteiger partial charge in [-0.3, -0.25) is 9.58 Å². The Hall–Kier alpha value is -1.65. The second kappa shape index (κ2) is 7.49. The fourth-order valence-corrected chi connectivity index (χ4v) is 3.83. The number of hydrogen-bond acceptors (Lipinski definition) is 3. The number of aryl methyl sites for hydroxylation is 2. The normalized spacial score (nSPS) is 18.4. The molecule has 1 aliphatic heterocycles. The summed E-state index contributed by atoms with van der Waals surface area (Å²) >= 11 is 0. The van der Waals surface area contributed by atoms with E-state index < -0.39 is 0 Å². The standard InChI is InChI=1S/C20H29N3O/c1-4-23-16(3)20(15(2)21-23)13-22-10-9-19(12-22)11-17-5-7-18(14-24)8-6-17/h5-8,19,24H,4,9-14H2,1-3H3/t19-/m1/s1. The number of aliphatic hydroxyl groups excluding tert-OH is 1. The second-order valence-electron chi connectivity index (χ2n) is 7.03. The predicted molar refractivity (Wildman–Crippen MR) is 96.8 cm³/mol. The van der Waals surface area contributed by atoms with Crippen molar-refractivity contribution in [2.75, 3.05) is 13.1 Å². The summed E-state index contributed by atoms with van der Waals surface area (Å²) < 4.78 is 2.11. The summed E-state index contributed by atoms with van der Waals surface area (Å²) in [5, 5.41) is 13.8. The summed E-state index contributed by atoms with van der Waals surface area (Å²) in [6.45, 7) is 10.9. The van der Waals surface area contributed by atoms with Crippen LogP contribution in [0.25, 0.3) is 0 Å². The van der Waals surface area contributed by atoms with Gasteiger partial charge in [-0.25, -0.2) is 0 Å². The highest BCUT2D eigenvalue weighted by atomic mass is 16.3. The van der Waals surface area contributed by atoms with Gasteiger partial charge in [-0.2, -0.15) is 5.10 Å². The minimum atomic E-state index is 0.127. The van der Waals surface area contributed by atoms with Crippen LogP contribution in [0.1, 0.15) is 41.4 Å². The number of aliphatic hydroxyl groups is 1. The van der Waals surface area contributed by atoms with E-state index in [0.717, 1.165) is 37.5 Å². The van der Waals surface area contributed by atoms with Crippen LogP contribution in [-0.2, 0) is 26.1 Å². The summed E-state index contributed by atoms with van der Waals surface area (Å²) in [5.74, 6) is 0.729. The van der Waals surface area contributed by atoms with Gasteiger partial charge < -0.3 is 5.11 Å². The lowest BCUT2D eigenvalue weighted by atomic mass is 9.98. The van der Waals surface area contributed by atoms with Crippen LogP contribution in [0.2, 0.25) is 0 Å². The van der Waals surface area contributed by atoms with Gasteiger partial charge in [0.15, 0.2) is 0 Å². The van der Waals surface area contributed by atoms with Crippen LogP contribution in [0, 0.1) is 19.8 Å². The molecule has 1 atom stereocenters. The van der Waals surface area contributed by atoms with Gasteiger partial charge in [-0.15, -0.1) is 0 Å². The molecule has 1 saturated heterocycles. The Labute approximate surface area is 145 Å². The lowest BCUT2D eigenvalue weighted by molar-refractivity contribution is 0.282. The third kappa shape index (κ3) is 3.70. The molecular formula is C20H29N3O. The average Bonchev–Trinajstić information content (AvgIpc) is 3.14. The van der Waals surface area contributed by atoms with Gasteiger partial charge in [0.05, 0.1) is 12.3 Å². The zero-order chi connectivity index (χ0) is 17.1. The zero-order valence-electron chi connectivity index (χ0n) is 15.1. The molecule has 1 N–H and O–H groups in total. The largest absolute Gasteiger partial charge is 0.392 e. The fraction of sp³-hybridized carbons (Fsp3) is 0.550. The first-order valence-electron chi connectivity index (χ1n) is 9.04. The summed E-state index contributed by atoms with van der Waals surface area (Å²) in [4.78, 5) is 2.57. The quantitative estimate of drug-likeness (QED) is 0.886. The van der Waals surface area contributed by atoms with Crippen LogP contribution >= 0.6 is 0 Å². The highest BCUT2D eigenvalue weighted by Crippen LogP contribution is 2.24. The average molecular weight is 327 g/mol. The van der Waals surface area contributed by atoms with Crippen molar-refractivity contribution < 1.29 is 5.11 Å². The van der Waals surface area contributed by atoms with Crippen molar-refractivity contribution in [1.29, 1.82) is 0 Å². The van der Waals surface area contributed by atoms with Crippen molar-refractivity contribution in [3.63, 3.8) is 0 Å². The Balaban J connectivity index is 1.58. The van der Waals surface area contributed by atoms with E-state index in [1.807, 2.05) is 12.1 Å². The van der Waals surface area contributed by atoms with E-state index >= 15 is 0 Å². The van der Waals surface area contributed by atoms with Crippen LogP contribution in [0.4, 0.5) is 0 Å². The SMILES string of the molecule is CCn1nc(C)c(CN2CC[C@H](Cc3ccc(CO)cc3)C2)c1C. The second-order valence-corrected chi connectivity index (χ2v) is 7.03. The number of nitrogens with zero attached hydrogens (tertiary/aromatic N) is 3. The summed E-state index contributed by atoms with van der Waals surface area (Å²) in [6, 6.07) is 8.39. The van der Waals surface area contributed by atoms with Crippen molar-refractivity contribution >= 4 is 0 Å². The van der Waals surface area contributed by atoms with Crippen LogP contribution in [0.3, 0.4) is 0 Å². The maximum absolute atomic E-state index is 9.14. The van der Waals surface area contributed by atoms with Gasteiger partial charge in [0.1, 0.15) is 0 Å². The molecule has 0 unspecified atom stereocenters. The molecule has 130 valence electrons. The zero-order valence-corrected chi connectivity index (χ0v) is 15.1. The van der Waals surface area contributed by atoms with E-state index in [1.165, 1.54) is 35.5 Å². The molecule has 0 amide bonds. The minimum absolute atomic E-state index is 0.127. The van der Waals surface area contributed by atoms with Crippen molar-refractivity contribution in [1.82, 2.24) is 14.7 Å². The Morgan fingerprint density at radius 2 is 1.88 bits per heavy atom. The molecule has 2 heterocycles. The first kappa shape index (κ1) is 17.2. The van der Waals surface area contributed by atoms with Crippen molar-refractivity contribution in [2.45, 2.75) is 53.3 Å². The Morgan fingerprint density at radius 3 is 2.50 bits per heavy atom. The molecule has 3 rings (SSSR count). The smallest absolute Gasteiger partial charge is 0.0681 e. The maximum Gasteiger partial charge on any atom is 0.0681 e. The summed E-state index contributed by atoms with van der Waals surface area (Å²) in [5.41, 5.74) is 6.27. The highest BCUT2D eigenvalue weighted by Gasteiger charge is 2.24. The Kier molecular flexibility index (Phi) is 5.36. The molecule has 1 aromatic carbocycles. The molecule has 0 bridgehead atoms. The number of likely N-dealkylation sites (tertiary alicyclic amines) is 1. The van der Waals surface area contributed by atoms with E-state index in [4.69, 9.17) is 5.11 Å². The van der Waals surface area contributed by atoms with E-state index in [-0.39, 0.29) is 6.61 Å². The number of aromatic nitrogens is 2. The summed E-state index contributed by atoms with van der Waals surface area (Å²) in [6.07, 6.45) is 2.40. The van der Waals surface area contributed by atoms with Crippen LogP contribution in [0.5, 0.6) is 0 Å². The Morgan fingerprint density at radius 1 is 1.17 bits per heavy atom. The molecule has 0 radical (unpaired) electrons. The van der Waals surface area contributed by atoms with Crippen molar-refractivity contribution in [3.8, 4) is 0 Å². The Bertz CT molecular complexity index is 675.